The van der Waals surface area contributed by atoms with Gasteiger partial charge in [0.05, 0.1) is 5.41 Å². The molecule has 0 radical (unpaired) electrons. The van der Waals surface area contributed by atoms with Crippen molar-refractivity contribution >= 4 is 18.0 Å². The Kier molecular flexibility index (Phi) is 7.37. The summed E-state index contributed by atoms with van der Waals surface area (Å²) >= 11 is 0. The first-order chi connectivity index (χ1) is 10.5. The van der Waals surface area contributed by atoms with Crippen LogP contribution in [0.2, 0.25) is 0 Å². The predicted octanol–water partition coefficient (Wildman–Crippen LogP) is 3.49. The van der Waals surface area contributed by atoms with Crippen LogP contribution in [0.3, 0.4) is 0 Å². The second-order valence-corrected chi connectivity index (χ2v) is 5.42. The van der Waals surface area contributed by atoms with E-state index in [1.807, 2.05) is 56.3 Å². The molecule has 120 valence electrons. The van der Waals surface area contributed by atoms with Gasteiger partial charge in [0.2, 0.25) is 5.91 Å². The molecule has 1 amide bonds. The molecule has 4 nitrogen and oxygen atoms in total. The van der Waals surface area contributed by atoms with Gasteiger partial charge < -0.3 is 10.4 Å². The Bertz CT molecular complexity index is 504. The lowest BCUT2D eigenvalue weighted by Gasteiger charge is -2.26. The Hall–Kier alpha value is -2.10. The monoisotopic (exact) mass is 303 g/mol. The van der Waals surface area contributed by atoms with Crippen LogP contribution in [0.4, 0.5) is 0 Å². The van der Waals surface area contributed by atoms with E-state index in [1.165, 1.54) is 0 Å². The molecular formula is C18H25NO3. The van der Waals surface area contributed by atoms with Crippen molar-refractivity contribution < 1.29 is 14.7 Å². The van der Waals surface area contributed by atoms with Crippen LogP contribution in [-0.4, -0.2) is 23.5 Å². The highest BCUT2D eigenvalue weighted by Crippen LogP contribution is 2.25. The summed E-state index contributed by atoms with van der Waals surface area (Å²) < 4.78 is 0. The zero-order valence-electron chi connectivity index (χ0n) is 13.3. The largest absolute Gasteiger partial charge is 0.481 e. The molecule has 0 saturated heterocycles. The van der Waals surface area contributed by atoms with E-state index in [0.717, 1.165) is 5.56 Å². The molecule has 4 heteroatoms. The van der Waals surface area contributed by atoms with E-state index in [-0.39, 0.29) is 12.5 Å². The fourth-order valence-electron chi connectivity index (χ4n) is 2.23. The number of carbonyl (C=O) groups excluding carboxylic acids is 1. The van der Waals surface area contributed by atoms with E-state index in [0.29, 0.717) is 25.7 Å². The third kappa shape index (κ3) is 5.35. The van der Waals surface area contributed by atoms with Crippen LogP contribution in [0.5, 0.6) is 0 Å². The summed E-state index contributed by atoms with van der Waals surface area (Å²) in [6.07, 6.45) is 5.96. The van der Waals surface area contributed by atoms with Gasteiger partial charge in [-0.2, -0.15) is 0 Å². The summed E-state index contributed by atoms with van der Waals surface area (Å²) in [6, 6.07) is 9.89. The lowest BCUT2D eigenvalue weighted by molar-refractivity contribution is -0.149. The summed E-state index contributed by atoms with van der Waals surface area (Å²) in [7, 11) is 0. The summed E-state index contributed by atoms with van der Waals surface area (Å²) in [5, 5.41) is 12.1. The SMILES string of the molecule is CCC(CC)(CNC(=O)CC/C=C/c1ccccc1)C(=O)O. The fourth-order valence-corrected chi connectivity index (χ4v) is 2.23. The molecule has 2 N–H and O–H groups in total. The molecule has 1 aromatic rings. The highest BCUT2D eigenvalue weighted by atomic mass is 16.4. The van der Waals surface area contributed by atoms with Crippen molar-refractivity contribution in [2.75, 3.05) is 6.54 Å². The van der Waals surface area contributed by atoms with Crippen molar-refractivity contribution in [1.29, 1.82) is 0 Å². The Morgan fingerprint density at radius 1 is 1.18 bits per heavy atom. The van der Waals surface area contributed by atoms with Gasteiger partial charge in [-0.3, -0.25) is 9.59 Å². The van der Waals surface area contributed by atoms with Gasteiger partial charge in [-0.15, -0.1) is 0 Å². The van der Waals surface area contributed by atoms with Gasteiger partial charge >= 0.3 is 5.97 Å². The molecule has 0 fully saturated rings. The Morgan fingerprint density at radius 2 is 1.82 bits per heavy atom. The number of carboxylic acids is 1. The Balaban J connectivity index is 2.37. The normalized spacial score (nSPS) is 11.5. The number of amides is 1. The van der Waals surface area contributed by atoms with Gasteiger partial charge in [-0.1, -0.05) is 56.3 Å². The first-order valence-corrected chi connectivity index (χ1v) is 7.75. The molecule has 0 aliphatic heterocycles. The number of aliphatic carboxylic acids is 1. The van der Waals surface area contributed by atoms with E-state index >= 15 is 0 Å². The zero-order valence-corrected chi connectivity index (χ0v) is 13.3. The van der Waals surface area contributed by atoms with E-state index in [1.54, 1.807) is 0 Å². The van der Waals surface area contributed by atoms with Crippen LogP contribution in [0, 0.1) is 5.41 Å². The molecule has 1 aromatic carbocycles. The molecule has 0 saturated carbocycles. The Morgan fingerprint density at radius 3 is 2.36 bits per heavy atom. The van der Waals surface area contributed by atoms with Crippen LogP contribution in [-0.2, 0) is 9.59 Å². The second-order valence-electron chi connectivity index (χ2n) is 5.42. The third-order valence-electron chi connectivity index (χ3n) is 4.08. The number of carboxylic acid groups (broad SMARTS) is 1. The summed E-state index contributed by atoms with van der Waals surface area (Å²) in [5.74, 6) is -0.952. The van der Waals surface area contributed by atoms with Crippen LogP contribution in [0.15, 0.2) is 36.4 Å². The standard InChI is InChI=1S/C18H25NO3/c1-3-18(4-2,17(21)22)14-19-16(20)13-9-8-12-15-10-6-5-7-11-15/h5-8,10-12H,3-4,9,13-14H2,1-2H3,(H,19,20)(H,21,22)/b12-8+. The van der Waals surface area contributed by atoms with Gasteiger partial charge in [0.25, 0.3) is 0 Å². The van der Waals surface area contributed by atoms with Gasteiger partial charge in [0.15, 0.2) is 0 Å². The molecule has 0 aromatic heterocycles. The number of benzene rings is 1. The first kappa shape index (κ1) is 18.0. The topological polar surface area (TPSA) is 66.4 Å². The molecule has 1 rings (SSSR count). The molecule has 0 aliphatic rings. The average molecular weight is 303 g/mol. The minimum absolute atomic E-state index is 0.106. The minimum atomic E-state index is -0.852. The van der Waals surface area contributed by atoms with Crippen molar-refractivity contribution in [1.82, 2.24) is 5.32 Å². The smallest absolute Gasteiger partial charge is 0.311 e. The van der Waals surface area contributed by atoms with Crippen LogP contribution in [0.25, 0.3) is 6.08 Å². The molecular weight excluding hydrogens is 278 g/mol. The zero-order chi connectivity index (χ0) is 16.4. The molecule has 22 heavy (non-hydrogen) atoms. The van der Waals surface area contributed by atoms with Crippen molar-refractivity contribution in [3.05, 3.63) is 42.0 Å². The molecule has 0 spiro atoms. The third-order valence-corrected chi connectivity index (χ3v) is 4.08. The summed E-state index contributed by atoms with van der Waals surface area (Å²) in [4.78, 5) is 23.2. The number of nitrogens with one attached hydrogen (secondary N) is 1. The van der Waals surface area contributed by atoms with Gasteiger partial charge in [0, 0.05) is 13.0 Å². The van der Waals surface area contributed by atoms with Crippen LogP contribution < -0.4 is 5.32 Å². The molecule has 0 atom stereocenters. The van der Waals surface area contributed by atoms with E-state index in [9.17, 15) is 14.7 Å². The lowest BCUT2D eigenvalue weighted by Crippen LogP contribution is -2.42. The molecule has 0 aliphatic carbocycles. The van der Waals surface area contributed by atoms with Crippen molar-refractivity contribution in [2.45, 2.75) is 39.5 Å². The maximum atomic E-state index is 11.8. The van der Waals surface area contributed by atoms with Gasteiger partial charge in [-0.05, 0) is 24.8 Å². The molecule has 0 heterocycles. The summed E-state index contributed by atoms with van der Waals surface area (Å²) in [6.45, 7) is 3.87. The van der Waals surface area contributed by atoms with E-state index in [4.69, 9.17) is 0 Å². The predicted molar refractivity (Wildman–Crippen MR) is 88.4 cm³/mol. The second kappa shape index (κ2) is 9.03. The van der Waals surface area contributed by atoms with Gasteiger partial charge in [-0.25, -0.2) is 0 Å². The quantitative estimate of drug-likeness (QED) is 0.734. The number of rotatable bonds is 9. The number of carbonyl (C=O) groups is 2. The Labute approximate surface area is 132 Å². The van der Waals surface area contributed by atoms with Crippen molar-refractivity contribution in [3.63, 3.8) is 0 Å². The highest BCUT2D eigenvalue weighted by Gasteiger charge is 2.34. The van der Waals surface area contributed by atoms with Crippen LogP contribution >= 0.6 is 0 Å². The van der Waals surface area contributed by atoms with Crippen molar-refractivity contribution in [2.24, 2.45) is 5.41 Å². The fraction of sp³-hybridized carbons (Fsp3) is 0.444. The summed E-state index contributed by atoms with van der Waals surface area (Å²) in [5.41, 5.74) is 0.250. The number of hydrogen-bond acceptors (Lipinski definition) is 2. The highest BCUT2D eigenvalue weighted by molar-refractivity contribution is 5.79. The number of allylic oxidation sites excluding steroid dienone is 1. The maximum absolute atomic E-state index is 11.8. The molecule has 0 unspecified atom stereocenters. The molecule has 0 bridgehead atoms. The maximum Gasteiger partial charge on any atom is 0.311 e. The van der Waals surface area contributed by atoms with E-state index < -0.39 is 11.4 Å². The van der Waals surface area contributed by atoms with E-state index in [2.05, 4.69) is 5.32 Å². The van der Waals surface area contributed by atoms with Crippen molar-refractivity contribution in [3.8, 4) is 0 Å². The first-order valence-electron chi connectivity index (χ1n) is 7.75. The lowest BCUT2D eigenvalue weighted by atomic mass is 9.82. The number of hydrogen-bond donors (Lipinski definition) is 2. The van der Waals surface area contributed by atoms with Crippen LogP contribution in [0.1, 0.15) is 45.1 Å². The van der Waals surface area contributed by atoms with Gasteiger partial charge in [0.1, 0.15) is 0 Å². The minimum Gasteiger partial charge on any atom is -0.481 e. The average Bonchev–Trinajstić information content (AvgIpc) is 2.54.